The largest absolute Gasteiger partial charge is 0.437 e. The van der Waals surface area contributed by atoms with E-state index in [1.54, 1.807) is 0 Å². The molecule has 0 aliphatic rings. The van der Waals surface area contributed by atoms with E-state index in [0.29, 0.717) is 0 Å². The molecule has 0 bridgehead atoms. The van der Waals surface area contributed by atoms with Gasteiger partial charge in [0.25, 0.3) is 0 Å². The van der Waals surface area contributed by atoms with Crippen molar-refractivity contribution in [2.45, 2.75) is 58.3 Å². The van der Waals surface area contributed by atoms with Crippen molar-refractivity contribution >= 4 is 25.2 Å². The van der Waals surface area contributed by atoms with E-state index in [1.165, 1.54) is 5.56 Å². The molecule has 20 heavy (non-hydrogen) atoms. The predicted octanol–water partition coefficient (Wildman–Crippen LogP) is 5.00. The quantitative estimate of drug-likeness (QED) is 0.656. The van der Waals surface area contributed by atoms with E-state index in [0.717, 1.165) is 12.5 Å². The molecule has 0 saturated heterocycles. The van der Waals surface area contributed by atoms with Crippen LogP contribution in [0.5, 0.6) is 0 Å². The van der Waals surface area contributed by atoms with Crippen LogP contribution < -0.4 is 0 Å². The highest BCUT2D eigenvalue weighted by Crippen LogP contribution is 2.24. The van der Waals surface area contributed by atoms with Crippen LogP contribution in [0.1, 0.15) is 5.56 Å². The molecule has 1 rings (SSSR count). The molecule has 0 amide bonds. The summed E-state index contributed by atoms with van der Waals surface area (Å²) in [7, 11) is -5.17. The number of hydrogen-bond acceptors (Lipinski definition) is 2. The molecule has 114 valence electrons. The lowest BCUT2D eigenvalue weighted by Crippen LogP contribution is -2.51. The lowest BCUT2D eigenvalue weighted by atomic mass is 10.2. The number of hydrogen-bond donors (Lipinski definition) is 0. The van der Waals surface area contributed by atoms with Crippen molar-refractivity contribution in [3.8, 4) is 0 Å². The molecule has 1 aromatic rings. The first kappa shape index (κ1) is 17.8. The molecule has 0 spiro atoms. The highest BCUT2D eigenvalue weighted by Gasteiger charge is 2.37. The van der Waals surface area contributed by atoms with Crippen LogP contribution in [-0.2, 0) is 14.7 Å². The molecule has 0 unspecified atom stereocenters. The minimum Gasteiger partial charge on any atom is -0.437 e. The van der Waals surface area contributed by atoms with Gasteiger partial charge in [-0.1, -0.05) is 30.3 Å². The average Bonchev–Trinajstić information content (AvgIpc) is 2.23. The van der Waals surface area contributed by atoms with E-state index in [9.17, 15) is 0 Å². The van der Waals surface area contributed by atoms with E-state index in [1.807, 2.05) is 0 Å². The molecule has 0 aliphatic carbocycles. The van der Waals surface area contributed by atoms with Gasteiger partial charge in [0.1, 0.15) is 0 Å². The summed E-state index contributed by atoms with van der Waals surface area (Å²) in [5.74, 6) is 0. The molecule has 0 aliphatic heterocycles. The summed E-state index contributed by atoms with van der Waals surface area (Å²) in [6.07, 6.45) is 1.11. The van der Waals surface area contributed by atoms with Gasteiger partial charge in [-0.2, -0.15) is 0 Å². The molecule has 0 fully saturated rings. The molecule has 0 atom stereocenters. The van der Waals surface area contributed by atoms with Gasteiger partial charge in [0.2, 0.25) is 0 Å². The van der Waals surface area contributed by atoms with Gasteiger partial charge in [-0.3, -0.25) is 0 Å². The van der Waals surface area contributed by atoms with E-state index in [4.69, 9.17) is 8.23 Å². The topological polar surface area (TPSA) is 18.5 Å². The van der Waals surface area contributed by atoms with Gasteiger partial charge in [-0.15, -0.1) is 0 Å². The van der Waals surface area contributed by atoms with E-state index in [2.05, 4.69) is 76.2 Å². The zero-order chi connectivity index (χ0) is 15.4. The first-order valence-electron chi connectivity index (χ1n) is 7.43. The molecule has 1 aromatic carbocycles. The Labute approximate surface area is 128 Å². The summed E-state index contributed by atoms with van der Waals surface area (Å²) in [5.41, 5.74) is 1.40. The molecule has 0 radical (unpaired) electrons. The van der Waals surface area contributed by atoms with Gasteiger partial charge < -0.3 is 8.23 Å². The van der Waals surface area contributed by atoms with Gasteiger partial charge in [0.05, 0.1) is 0 Å². The summed E-state index contributed by atoms with van der Waals surface area (Å²) >= 11 is 0. The SMILES string of the molecule is C[Si](C)(C)O[Si](C)(C)O[Si](C)(C)CCc1ccccc1. The normalized spacial score (nSPS) is 13.6. The van der Waals surface area contributed by atoms with E-state index in [-0.39, 0.29) is 0 Å². The Balaban J connectivity index is 2.56. The Bertz CT molecular complexity index is 411. The van der Waals surface area contributed by atoms with E-state index < -0.39 is 25.2 Å². The molecular weight excluding hydrogens is 296 g/mol. The lowest BCUT2D eigenvalue weighted by Gasteiger charge is -2.37. The summed E-state index contributed by atoms with van der Waals surface area (Å²) in [6.45, 7) is 15.7. The fourth-order valence-electron chi connectivity index (χ4n) is 2.56. The van der Waals surface area contributed by atoms with Crippen LogP contribution in [0.15, 0.2) is 30.3 Å². The van der Waals surface area contributed by atoms with Crippen LogP contribution in [0.2, 0.25) is 51.9 Å². The highest BCUT2D eigenvalue weighted by molar-refractivity contribution is 6.87. The highest BCUT2D eigenvalue weighted by atomic mass is 28.5. The maximum absolute atomic E-state index is 6.51. The maximum Gasteiger partial charge on any atom is 0.311 e. The van der Waals surface area contributed by atoms with Crippen LogP contribution in [-0.4, -0.2) is 25.2 Å². The first-order chi connectivity index (χ1) is 8.99. The Morgan fingerprint density at radius 2 is 1.35 bits per heavy atom. The first-order valence-corrected chi connectivity index (χ1v) is 16.8. The van der Waals surface area contributed by atoms with Crippen LogP contribution in [0, 0.1) is 0 Å². The predicted molar refractivity (Wildman–Crippen MR) is 95.4 cm³/mol. The Hall–Kier alpha value is -0.209. The standard InChI is InChI=1S/C15H30O2Si3/c1-18(2,3)16-20(6,7)17-19(4,5)14-13-15-11-9-8-10-12-15/h8-12H,13-14H2,1-7H3. The average molecular weight is 327 g/mol. The van der Waals surface area contributed by atoms with Crippen LogP contribution >= 0.6 is 0 Å². The van der Waals surface area contributed by atoms with Gasteiger partial charge in [0.15, 0.2) is 16.6 Å². The monoisotopic (exact) mass is 326 g/mol. The minimum atomic E-state index is -1.99. The van der Waals surface area contributed by atoms with Crippen molar-refractivity contribution in [3.63, 3.8) is 0 Å². The van der Waals surface area contributed by atoms with Crippen molar-refractivity contribution in [3.05, 3.63) is 35.9 Å². The number of benzene rings is 1. The van der Waals surface area contributed by atoms with Crippen molar-refractivity contribution in [1.29, 1.82) is 0 Å². The third-order valence-electron chi connectivity index (χ3n) is 2.93. The van der Waals surface area contributed by atoms with Gasteiger partial charge in [0, 0.05) is 0 Å². The van der Waals surface area contributed by atoms with Crippen molar-refractivity contribution < 1.29 is 8.23 Å². The molecule has 0 heterocycles. The Morgan fingerprint density at radius 1 is 0.800 bits per heavy atom. The second-order valence-corrected chi connectivity index (χ2v) is 20.1. The van der Waals surface area contributed by atoms with Crippen LogP contribution in [0.3, 0.4) is 0 Å². The molecule has 0 saturated carbocycles. The zero-order valence-electron chi connectivity index (χ0n) is 14.1. The minimum absolute atomic E-state index is 1.11. The number of rotatable bonds is 7. The maximum atomic E-state index is 6.51. The smallest absolute Gasteiger partial charge is 0.311 e. The molecule has 2 nitrogen and oxygen atoms in total. The Morgan fingerprint density at radius 3 is 1.85 bits per heavy atom. The van der Waals surface area contributed by atoms with Crippen LogP contribution in [0.4, 0.5) is 0 Å². The van der Waals surface area contributed by atoms with E-state index >= 15 is 0 Å². The molecule has 5 heteroatoms. The Kier molecular flexibility index (Phi) is 5.98. The van der Waals surface area contributed by atoms with Crippen LogP contribution in [0.25, 0.3) is 0 Å². The van der Waals surface area contributed by atoms with Gasteiger partial charge in [-0.05, 0) is 63.9 Å². The summed E-state index contributed by atoms with van der Waals surface area (Å²) in [5, 5.41) is 0. The van der Waals surface area contributed by atoms with Crippen molar-refractivity contribution in [1.82, 2.24) is 0 Å². The second kappa shape index (κ2) is 6.70. The van der Waals surface area contributed by atoms with Crippen molar-refractivity contribution in [2.24, 2.45) is 0 Å². The summed E-state index contributed by atoms with van der Waals surface area (Å²) in [6, 6.07) is 11.8. The molecule has 0 N–H and O–H groups in total. The third kappa shape index (κ3) is 7.54. The third-order valence-corrected chi connectivity index (χ3v) is 13.0. The zero-order valence-corrected chi connectivity index (χ0v) is 17.1. The summed E-state index contributed by atoms with van der Waals surface area (Å²) in [4.78, 5) is 0. The fraction of sp³-hybridized carbons (Fsp3) is 0.600. The van der Waals surface area contributed by atoms with Crippen molar-refractivity contribution in [2.75, 3.05) is 0 Å². The molecule has 0 aromatic heterocycles. The number of aryl methyl sites for hydroxylation is 1. The molecular formula is C15H30O2Si3. The van der Waals surface area contributed by atoms with Gasteiger partial charge >= 0.3 is 8.56 Å². The van der Waals surface area contributed by atoms with Gasteiger partial charge in [-0.25, -0.2) is 0 Å². The fourth-order valence-corrected chi connectivity index (χ4v) is 15.6. The lowest BCUT2D eigenvalue weighted by molar-refractivity contribution is 0.391. The second-order valence-electron chi connectivity index (χ2n) is 7.46. The summed E-state index contributed by atoms with van der Waals surface area (Å²) < 4.78 is 12.8.